The Labute approximate surface area is 143 Å². The molecular weight excluding hydrogens is 280 g/mol. The molecule has 4 aliphatic rings. The second-order valence-corrected chi connectivity index (χ2v) is 10.1. The summed E-state index contributed by atoms with van der Waals surface area (Å²) in [6.07, 6.45) is 21.4. The van der Waals surface area contributed by atoms with E-state index >= 15 is 0 Å². The third-order valence-corrected chi connectivity index (χ3v) is 8.14. The molecule has 0 aromatic rings. The van der Waals surface area contributed by atoms with Crippen LogP contribution in [0.3, 0.4) is 0 Å². The van der Waals surface area contributed by atoms with Crippen LogP contribution < -0.4 is 0 Å². The van der Waals surface area contributed by atoms with Gasteiger partial charge in [0.05, 0.1) is 11.7 Å². The molecule has 0 aromatic carbocycles. The van der Waals surface area contributed by atoms with E-state index in [1.807, 2.05) is 0 Å². The number of ether oxygens (including phenoxy) is 1. The van der Waals surface area contributed by atoms with Gasteiger partial charge in [0.1, 0.15) is 0 Å². The van der Waals surface area contributed by atoms with E-state index in [0.717, 1.165) is 23.2 Å². The maximum Gasteiger partial charge on any atom is 0.0920 e. The zero-order chi connectivity index (χ0) is 15.9. The van der Waals surface area contributed by atoms with Gasteiger partial charge in [-0.2, -0.15) is 0 Å². The third kappa shape index (κ3) is 3.80. The zero-order valence-corrected chi connectivity index (χ0v) is 15.6. The fraction of sp³-hybridized carbons (Fsp3) is 1.00. The molecule has 3 saturated carbocycles. The smallest absolute Gasteiger partial charge is 0.0920 e. The molecule has 6 atom stereocenters. The number of rotatable bonds is 8. The van der Waals surface area contributed by atoms with E-state index in [-0.39, 0.29) is 0 Å². The van der Waals surface area contributed by atoms with E-state index in [2.05, 4.69) is 13.8 Å². The lowest BCUT2D eigenvalue weighted by Gasteiger charge is -2.25. The highest BCUT2D eigenvalue weighted by Gasteiger charge is 2.55. The van der Waals surface area contributed by atoms with Gasteiger partial charge >= 0.3 is 0 Å². The molecule has 1 nitrogen and oxygen atoms in total. The Morgan fingerprint density at radius 2 is 1.48 bits per heavy atom. The van der Waals surface area contributed by atoms with Crippen molar-refractivity contribution >= 4 is 0 Å². The van der Waals surface area contributed by atoms with Crippen LogP contribution in [0.2, 0.25) is 0 Å². The van der Waals surface area contributed by atoms with Crippen LogP contribution in [0, 0.1) is 23.2 Å². The van der Waals surface area contributed by atoms with Gasteiger partial charge < -0.3 is 4.74 Å². The average Bonchev–Trinajstić information content (AvgIpc) is 3.39. The summed E-state index contributed by atoms with van der Waals surface area (Å²) >= 11 is 0. The van der Waals surface area contributed by atoms with Crippen molar-refractivity contribution in [2.75, 3.05) is 0 Å². The van der Waals surface area contributed by atoms with Crippen LogP contribution in [-0.2, 0) is 4.74 Å². The van der Waals surface area contributed by atoms with E-state index in [1.165, 1.54) is 77.0 Å². The molecule has 0 N–H and O–H groups in total. The van der Waals surface area contributed by atoms with Gasteiger partial charge in [0.15, 0.2) is 0 Å². The number of epoxide rings is 1. The maximum absolute atomic E-state index is 5.83. The van der Waals surface area contributed by atoms with Crippen LogP contribution in [-0.4, -0.2) is 11.7 Å². The number of hydrogen-bond donors (Lipinski definition) is 0. The molecule has 3 aliphatic carbocycles. The highest BCUT2D eigenvalue weighted by Crippen LogP contribution is 2.62. The van der Waals surface area contributed by atoms with E-state index in [0.29, 0.717) is 11.7 Å². The molecule has 0 amide bonds. The van der Waals surface area contributed by atoms with Crippen LogP contribution in [0.1, 0.15) is 104 Å². The van der Waals surface area contributed by atoms with Gasteiger partial charge in [0.25, 0.3) is 0 Å². The maximum atomic E-state index is 5.83. The summed E-state index contributed by atoms with van der Waals surface area (Å²) < 4.78 is 5.83. The highest BCUT2D eigenvalue weighted by molar-refractivity contribution is 5.03. The minimum atomic E-state index is 0.313. The van der Waals surface area contributed by atoms with Crippen molar-refractivity contribution in [3.8, 4) is 0 Å². The molecule has 6 unspecified atom stereocenters. The Hall–Kier alpha value is -0.0400. The molecule has 0 bridgehead atoms. The lowest BCUT2D eigenvalue weighted by molar-refractivity contribution is 0.261. The normalized spacial score (nSPS) is 47.7. The van der Waals surface area contributed by atoms with E-state index in [9.17, 15) is 0 Å². The first-order valence-corrected chi connectivity index (χ1v) is 10.8. The van der Waals surface area contributed by atoms with Crippen LogP contribution in [0.25, 0.3) is 0 Å². The summed E-state index contributed by atoms with van der Waals surface area (Å²) in [4.78, 5) is 0. The summed E-state index contributed by atoms with van der Waals surface area (Å²) in [5, 5.41) is 0. The zero-order valence-electron chi connectivity index (χ0n) is 15.6. The van der Waals surface area contributed by atoms with E-state index in [4.69, 9.17) is 4.74 Å². The lowest BCUT2D eigenvalue weighted by Crippen LogP contribution is -2.21. The minimum absolute atomic E-state index is 0.313. The topological polar surface area (TPSA) is 12.5 Å². The summed E-state index contributed by atoms with van der Waals surface area (Å²) in [7, 11) is 0. The monoisotopic (exact) mass is 318 g/mol. The van der Waals surface area contributed by atoms with E-state index < -0.39 is 0 Å². The molecule has 0 radical (unpaired) electrons. The SMILES string of the molecule is CC12CCC(CCCCCCCC3CCC4(C)OC4C3)CC1C2. The molecule has 132 valence electrons. The van der Waals surface area contributed by atoms with Crippen molar-refractivity contribution in [3.63, 3.8) is 0 Å². The molecule has 0 spiro atoms. The van der Waals surface area contributed by atoms with Gasteiger partial charge in [-0.25, -0.2) is 0 Å². The second-order valence-electron chi connectivity index (χ2n) is 10.1. The molecule has 1 saturated heterocycles. The molecule has 1 aliphatic heterocycles. The minimum Gasteiger partial charge on any atom is -0.366 e. The molecular formula is C22H38O. The summed E-state index contributed by atoms with van der Waals surface area (Å²) in [5.74, 6) is 3.19. The van der Waals surface area contributed by atoms with Crippen molar-refractivity contribution in [1.82, 2.24) is 0 Å². The molecule has 4 fully saturated rings. The Kier molecular flexibility index (Phi) is 4.54. The van der Waals surface area contributed by atoms with Gasteiger partial charge in [0.2, 0.25) is 0 Å². The van der Waals surface area contributed by atoms with Gasteiger partial charge in [-0.05, 0) is 75.0 Å². The fourth-order valence-electron chi connectivity index (χ4n) is 5.87. The van der Waals surface area contributed by atoms with Crippen LogP contribution >= 0.6 is 0 Å². The first kappa shape index (κ1) is 16.4. The van der Waals surface area contributed by atoms with Gasteiger partial charge in [-0.3, -0.25) is 0 Å². The summed E-state index contributed by atoms with van der Waals surface area (Å²) in [5.41, 5.74) is 1.12. The van der Waals surface area contributed by atoms with Crippen molar-refractivity contribution in [1.29, 1.82) is 0 Å². The van der Waals surface area contributed by atoms with Crippen molar-refractivity contribution in [2.24, 2.45) is 23.2 Å². The molecule has 4 rings (SSSR count). The Balaban J connectivity index is 0.992. The summed E-state index contributed by atoms with van der Waals surface area (Å²) in [6, 6.07) is 0. The van der Waals surface area contributed by atoms with Gasteiger partial charge in [0, 0.05) is 0 Å². The first-order chi connectivity index (χ1) is 11.1. The standard InChI is InChI=1S/C22H38O/c1-21-12-10-17(14-19(21)16-21)8-6-4-3-5-7-9-18-11-13-22(2)20(15-18)23-22/h17-20H,3-16H2,1-2H3. The van der Waals surface area contributed by atoms with E-state index in [1.54, 1.807) is 12.8 Å². The molecule has 0 aromatic heterocycles. The first-order valence-electron chi connectivity index (χ1n) is 10.8. The average molecular weight is 319 g/mol. The predicted octanol–water partition coefficient (Wildman–Crippen LogP) is 6.50. The number of fused-ring (bicyclic) bond motifs is 2. The molecule has 1 heterocycles. The van der Waals surface area contributed by atoms with Crippen molar-refractivity contribution < 1.29 is 4.74 Å². The van der Waals surface area contributed by atoms with Crippen LogP contribution in [0.15, 0.2) is 0 Å². The second kappa shape index (κ2) is 6.36. The van der Waals surface area contributed by atoms with Crippen LogP contribution in [0.4, 0.5) is 0 Å². The lowest BCUT2D eigenvalue weighted by atomic mass is 9.80. The van der Waals surface area contributed by atoms with Gasteiger partial charge in [-0.1, -0.05) is 51.9 Å². The van der Waals surface area contributed by atoms with Gasteiger partial charge in [-0.15, -0.1) is 0 Å². The van der Waals surface area contributed by atoms with Crippen LogP contribution in [0.5, 0.6) is 0 Å². The van der Waals surface area contributed by atoms with Crippen molar-refractivity contribution in [2.45, 2.75) is 115 Å². The fourth-order valence-corrected chi connectivity index (χ4v) is 5.87. The van der Waals surface area contributed by atoms with Crippen molar-refractivity contribution in [3.05, 3.63) is 0 Å². The number of unbranched alkanes of at least 4 members (excludes halogenated alkanes) is 4. The Morgan fingerprint density at radius 3 is 2.17 bits per heavy atom. The predicted molar refractivity (Wildman–Crippen MR) is 96.5 cm³/mol. The molecule has 23 heavy (non-hydrogen) atoms. The number of hydrogen-bond acceptors (Lipinski definition) is 1. The third-order valence-electron chi connectivity index (χ3n) is 8.14. The summed E-state index contributed by atoms with van der Waals surface area (Å²) in [6.45, 7) is 4.83. The molecule has 1 heteroatoms. The quantitative estimate of drug-likeness (QED) is 0.367. The highest BCUT2D eigenvalue weighted by atomic mass is 16.6. The Bertz CT molecular complexity index is 380. The largest absolute Gasteiger partial charge is 0.366 e. The Morgan fingerprint density at radius 1 is 0.826 bits per heavy atom.